The molecular formula is C21H17FN4O3S. The maximum atomic E-state index is 13.2. The summed E-state index contributed by atoms with van der Waals surface area (Å²) in [5.41, 5.74) is 3.84. The highest BCUT2D eigenvalue weighted by Gasteiger charge is 2.27. The first-order valence-electron chi connectivity index (χ1n) is 9.37. The average Bonchev–Trinajstić information content (AvgIpc) is 3.46. The van der Waals surface area contributed by atoms with Crippen LogP contribution in [0, 0.1) is 12.7 Å². The molecule has 0 aliphatic carbocycles. The van der Waals surface area contributed by atoms with Crippen molar-refractivity contribution in [1.29, 1.82) is 0 Å². The van der Waals surface area contributed by atoms with E-state index >= 15 is 0 Å². The molecule has 5 rings (SSSR count). The summed E-state index contributed by atoms with van der Waals surface area (Å²) >= 11 is 1.45. The van der Waals surface area contributed by atoms with E-state index in [2.05, 4.69) is 20.4 Å². The fourth-order valence-electron chi connectivity index (χ4n) is 3.45. The van der Waals surface area contributed by atoms with E-state index in [1.165, 1.54) is 23.5 Å². The number of nitrogens with zero attached hydrogens (tertiary/aromatic N) is 2. The maximum absolute atomic E-state index is 13.2. The van der Waals surface area contributed by atoms with Crippen molar-refractivity contribution in [3.05, 3.63) is 64.3 Å². The smallest absolute Gasteiger partial charge is 0.272 e. The first-order chi connectivity index (χ1) is 14.6. The molecule has 0 unspecified atom stereocenters. The SMILES string of the molecule is Cc1noc(-c2c(NC(=O)c3cc(-c4ccc(F)cc4)c[nH]3)sc3c2CCOC3)n1. The Labute approximate surface area is 174 Å². The number of anilines is 1. The van der Waals surface area contributed by atoms with E-state index < -0.39 is 0 Å². The molecule has 0 spiro atoms. The van der Waals surface area contributed by atoms with Crippen LogP contribution in [-0.2, 0) is 17.8 Å². The fourth-order valence-corrected chi connectivity index (χ4v) is 4.62. The summed E-state index contributed by atoms with van der Waals surface area (Å²) in [7, 11) is 0. The molecule has 1 aliphatic rings. The minimum Gasteiger partial charge on any atom is -0.376 e. The lowest BCUT2D eigenvalue weighted by atomic mass is 10.1. The van der Waals surface area contributed by atoms with Crippen molar-refractivity contribution >= 4 is 22.2 Å². The van der Waals surface area contributed by atoms with Gasteiger partial charge in [0.25, 0.3) is 11.8 Å². The molecule has 0 saturated carbocycles. The second-order valence-electron chi connectivity index (χ2n) is 6.92. The molecule has 0 fully saturated rings. The minimum absolute atomic E-state index is 0.291. The largest absolute Gasteiger partial charge is 0.376 e. The number of thiophene rings is 1. The standard InChI is InChI=1S/C21H17FN4O3S/c1-11-24-20(29-26-11)18-15-6-7-28-10-17(15)30-21(18)25-19(27)16-8-13(9-23-16)12-2-4-14(22)5-3-12/h2-5,8-9,23H,6-7,10H2,1H3,(H,25,27). The van der Waals surface area contributed by atoms with Gasteiger partial charge in [-0.3, -0.25) is 4.79 Å². The first kappa shape index (κ1) is 18.7. The Kier molecular flexibility index (Phi) is 4.68. The third-order valence-electron chi connectivity index (χ3n) is 4.89. The molecular weight excluding hydrogens is 407 g/mol. The van der Waals surface area contributed by atoms with Crippen molar-refractivity contribution in [3.63, 3.8) is 0 Å². The number of benzene rings is 1. The predicted molar refractivity (Wildman–Crippen MR) is 110 cm³/mol. The van der Waals surface area contributed by atoms with Gasteiger partial charge in [-0.1, -0.05) is 17.3 Å². The van der Waals surface area contributed by atoms with Crippen LogP contribution < -0.4 is 5.32 Å². The number of amides is 1. The highest BCUT2D eigenvalue weighted by molar-refractivity contribution is 7.17. The number of aromatic nitrogens is 3. The number of carbonyl (C=O) groups excluding carboxylic acids is 1. The Balaban J connectivity index is 1.45. The van der Waals surface area contributed by atoms with E-state index in [0.717, 1.165) is 33.6 Å². The molecule has 4 heterocycles. The summed E-state index contributed by atoms with van der Waals surface area (Å²) in [5, 5.41) is 7.51. The summed E-state index contributed by atoms with van der Waals surface area (Å²) in [6.45, 7) is 2.85. The fraction of sp³-hybridized carbons (Fsp3) is 0.190. The van der Waals surface area contributed by atoms with E-state index in [9.17, 15) is 9.18 Å². The van der Waals surface area contributed by atoms with E-state index in [4.69, 9.17) is 9.26 Å². The number of nitrogens with one attached hydrogen (secondary N) is 2. The zero-order valence-corrected chi connectivity index (χ0v) is 16.8. The van der Waals surface area contributed by atoms with Crippen molar-refractivity contribution < 1.29 is 18.4 Å². The van der Waals surface area contributed by atoms with E-state index in [-0.39, 0.29) is 11.7 Å². The lowest BCUT2D eigenvalue weighted by Gasteiger charge is -2.12. The highest BCUT2D eigenvalue weighted by Crippen LogP contribution is 2.42. The van der Waals surface area contributed by atoms with Gasteiger partial charge in [0.15, 0.2) is 5.82 Å². The van der Waals surface area contributed by atoms with Crippen LogP contribution in [-0.4, -0.2) is 27.6 Å². The minimum atomic E-state index is -0.304. The molecule has 0 radical (unpaired) electrons. The summed E-state index contributed by atoms with van der Waals surface area (Å²) in [5.74, 6) is 0.324. The highest BCUT2D eigenvalue weighted by atomic mass is 32.1. The van der Waals surface area contributed by atoms with Gasteiger partial charge in [0, 0.05) is 11.1 Å². The monoisotopic (exact) mass is 424 g/mol. The summed E-state index contributed by atoms with van der Waals surface area (Å²) in [6, 6.07) is 7.85. The molecule has 4 aromatic rings. The van der Waals surface area contributed by atoms with Crippen LogP contribution in [0.15, 0.2) is 41.1 Å². The van der Waals surface area contributed by atoms with E-state index in [1.807, 2.05) is 0 Å². The lowest BCUT2D eigenvalue weighted by Crippen LogP contribution is -2.12. The van der Waals surface area contributed by atoms with Gasteiger partial charge in [0.2, 0.25) is 0 Å². The third kappa shape index (κ3) is 3.42. The number of ether oxygens (including phenoxy) is 1. The van der Waals surface area contributed by atoms with Gasteiger partial charge in [-0.15, -0.1) is 11.3 Å². The molecule has 152 valence electrons. The molecule has 0 saturated heterocycles. The van der Waals surface area contributed by atoms with Crippen molar-refractivity contribution in [3.8, 4) is 22.6 Å². The van der Waals surface area contributed by atoms with Crippen molar-refractivity contribution in [2.24, 2.45) is 0 Å². The van der Waals surface area contributed by atoms with Crippen molar-refractivity contribution in [2.45, 2.75) is 20.0 Å². The Morgan fingerprint density at radius 2 is 2.10 bits per heavy atom. The average molecular weight is 424 g/mol. The Morgan fingerprint density at radius 3 is 2.87 bits per heavy atom. The van der Waals surface area contributed by atoms with Crippen LogP contribution in [0.2, 0.25) is 0 Å². The van der Waals surface area contributed by atoms with Crippen LogP contribution in [0.5, 0.6) is 0 Å². The topological polar surface area (TPSA) is 93.0 Å². The lowest BCUT2D eigenvalue weighted by molar-refractivity contribution is 0.102. The normalized spacial score (nSPS) is 13.3. The van der Waals surface area contributed by atoms with Gasteiger partial charge in [0.05, 0.1) is 18.8 Å². The molecule has 9 heteroatoms. The van der Waals surface area contributed by atoms with Gasteiger partial charge >= 0.3 is 0 Å². The number of hydrogen-bond donors (Lipinski definition) is 2. The van der Waals surface area contributed by atoms with Crippen LogP contribution in [0.1, 0.15) is 26.8 Å². The van der Waals surface area contributed by atoms with Crippen LogP contribution in [0.25, 0.3) is 22.6 Å². The van der Waals surface area contributed by atoms with Crippen LogP contribution in [0.3, 0.4) is 0 Å². The number of fused-ring (bicyclic) bond motifs is 1. The number of rotatable bonds is 4. The summed E-state index contributed by atoms with van der Waals surface area (Å²) < 4.78 is 24.1. The van der Waals surface area contributed by atoms with Crippen molar-refractivity contribution in [2.75, 3.05) is 11.9 Å². The molecule has 7 nitrogen and oxygen atoms in total. The number of aryl methyl sites for hydroxylation is 1. The molecule has 2 N–H and O–H groups in total. The quantitative estimate of drug-likeness (QED) is 0.501. The second kappa shape index (κ2) is 7.51. The first-order valence-corrected chi connectivity index (χ1v) is 10.2. The second-order valence-corrected chi connectivity index (χ2v) is 8.03. The van der Waals surface area contributed by atoms with Crippen LogP contribution >= 0.6 is 11.3 Å². The Hall–Kier alpha value is -3.30. The molecule has 1 aromatic carbocycles. The Morgan fingerprint density at radius 1 is 1.27 bits per heavy atom. The zero-order chi connectivity index (χ0) is 20.7. The maximum Gasteiger partial charge on any atom is 0.272 e. The number of halogens is 1. The molecule has 3 aromatic heterocycles. The molecule has 1 aliphatic heterocycles. The van der Waals surface area contributed by atoms with E-state index in [1.54, 1.807) is 31.3 Å². The molecule has 1 amide bonds. The van der Waals surface area contributed by atoms with Crippen molar-refractivity contribution in [1.82, 2.24) is 15.1 Å². The molecule has 0 bridgehead atoms. The van der Waals surface area contributed by atoms with Crippen LogP contribution in [0.4, 0.5) is 9.39 Å². The Bertz CT molecular complexity index is 1230. The summed E-state index contributed by atoms with van der Waals surface area (Å²) in [4.78, 5) is 21.3. The van der Waals surface area contributed by atoms with Gasteiger partial charge in [-0.05, 0) is 48.2 Å². The van der Waals surface area contributed by atoms with Gasteiger partial charge in [-0.2, -0.15) is 4.98 Å². The van der Waals surface area contributed by atoms with Gasteiger partial charge < -0.3 is 19.6 Å². The number of H-pyrrole nitrogens is 1. The van der Waals surface area contributed by atoms with Gasteiger partial charge in [0.1, 0.15) is 16.5 Å². The number of aromatic amines is 1. The number of hydrogen-bond acceptors (Lipinski definition) is 6. The predicted octanol–water partition coefficient (Wildman–Crippen LogP) is 4.57. The van der Waals surface area contributed by atoms with E-state index in [0.29, 0.717) is 35.6 Å². The zero-order valence-electron chi connectivity index (χ0n) is 16.0. The van der Waals surface area contributed by atoms with Gasteiger partial charge in [-0.25, -0.2) is 4.39 Å². The summed E-state index contributed by atoms with van der Waals surface area (Å²) in [6.07, 6.45) is 2.44. The molecule has 30 heavy (non-hydrogen) atoms. The number of carbonyl (C=O) groups is 1. The molecule has 0 atom stereocenters. The third-order valence-corrected chi connectivity index (χ3v) is 6.01.